The Bertz CT molecular complexity index is 695. The van der Waals surface area contributed by atoms with E-state index in [2.05, 4.69) is 15.6 Å². The molecule has 0 aliphatic carbocycles. The average molecular weight is 272 g/mol. The maximum absolute atomic E-state index is 12.2. The molecule has 0 saturated carbocycles. The SMILES string of the molecule is O=C1CC[C@@H](CNCc2cnc3ccccn3c2=O)N1. The molecule has 3 rings (SSSR count). The van der Waals surface area contributed by atoms with Gasteiger partial charge in [-0.25, -0.2) is 4.98 Å². The van der Waals surface area contributed by atoms with Gasteiger partial charge in [0.05, 0.1) is 0 Å². The van der Waals surface area contributed by atoms with Crippen molar-refractivity contribution in [1.82, 2.24) is 20.0 Å². The summed E-state index contributed by atoms with van der Waals surface area (Å²) in [6.45, 7) is 1.12. The average Bonchev–Trinajstić information content (AvgIpc) is 2.87. The molecule has 0 unspecified atom stereocenters. The Balaban J connectivity index is 1.67. The van der Waals surface area contributed by atoms with Crippen LogP contribution >= 0.6 is 0 Å². The van der Waals surface area contributed by atoms with Gasteiger partial charge in [-0.1, -0.05) is 6.07 Å². The molecule has 20 heavy (non-hydrogen) atoms. The maximum atomic E-state index is 12.2. The van der Waals surface area contributed by atoms with E-state index in [0.717, 1.165) is 6.42 Å². The number of rotatable bonds is 4. The molecular weight excluding hydrogens is 256 g/mol. The molecule has 1 atom stereocenters. The second-order valence-electron chi connectivity index (χ2n) is 4.95. The lowest BCUT2D eigenvalue weighted by molar-refractivity contribution is -0.119. The van der Waals surface area contributed by atoms with Gasteiger partial charge in [0.1, 0.15) is 5.65 Å². The summed E-state index contributed by atoms with van der Waals surface area (Å²) in [5.41, 5.74) is 1.21. The Morgan fingerprint density at radius 1 is 1.40 bits per heavy atom. The van der Waals surface area contributed by atoms with Crippen LogP contribution in [0.1, 0.15) is 18.4 Å². The summed E-state index contributed by atoms with van der Waals surface area (Å²) in [5.74, 6) is 0.101. The lowest BCUT2D eigenvalue weighted by Gasteiger charge is -2.11. The van der Waals surface area contributed by atoms with Crippen LogP contribution in [0.15, 0.2) is 35.4 Å². The van der Waals surface area contributed by atoms with Crippen LogP contribution in [-0.2, 0) is 11.3 Å². The van der Waals surface area contributed by atoms with Crippen LogP contribution in [0.25, 0.3) is 5.65 Å². The van der Waals surface area contributed by atoms with Gasteiger partial charge >= 0.3 is 0 Å². The first-order valence-corrected chi connectivity index (χ1v) is 6.69. The van der Waals surface area contributed by atoms with Gasteiger partial charge in [0, 0.05) is 43.5 Å². The quantitative estimate of drug-likeness (QED) is 0.825. The van der Waals surface area contributed by atoms with Gasteiger partial charge in [0.25, 0.3) is 5.56 Å². The molecule has 1 aliphatic rings. The largest absolute Gasteiger partial charge is 0.352 e. The van der Waals surface area contributed by atoms with Gasteiger partial charge in [-0.05, 0) is 18.6 Å². The monoisotopic (exact) mass is 272 g/mol. The highest BCUT2D eigenvalue weighted by Crippen LogP contribution is 2.05. The van der Waals surface area contributed by atoms with Gasteiger partial charge in [0.2, 0.25) is 5.91 Å². The van der Waals surface area contributed by atoms with E-state index in [0.29, 0.717) is 30.7 Å². The fraction of sp³-hybridized carbons (Fsp3) is 0.357. The van der Waals surface area contributed by atoms with Crippen LogP contribution < -0.4 is 16.2 Å². The zero-order chi connectivity index (χ0) is 13.9. The first-order valence-electron chi connectivity index (χ1n) is 6.69. The summed E-state index contributed by atoms with van der Waals surface area (Å²) in [6, 6.07) is 5.62. The van der Waals surface area contributed by atoms with Crippen molar-refractivity contribution in [3.63, 3.8) is 0 Å². The minimum absolute atomic E-state index is 0.0569. The van der Waals surface area contributed by atoms with E-state index >= 15 is 0 Å². The summed E-state index contributed by atoms with van der Waals surface area (Å²) in [5, 5.41) is 6.09. The Morgan fingerprint density at radius 2 is 2.30 bits per heavy atom. The number of nitrogens with one attached hydrogen (secondary N) is 2. The number of aromatic nitrogens is 2. The number of carbonyl (C=O) groups excluding carboxylic acids is 1. The van der Waals surface area contributed by atoms with Gasteiger partial charge in [-0.3, -0.25) is 14.0 Å². The Labute approximate surface area is 115 Å². The smallest absolute Gasteiger partial charge is 0.262 e. The molecule has 2 aromatic rings. The lowest BCUT2D eigenvalue weighted by atomic mass is 10.2. The molecule has 0 spiro atoms. The molecule has 1 saturated heterocycles. The first kappa shape index (κ1) is 12.8. The standard InChI is InChI=1S/C14H16N4O2/c19-13-5-4-11(17-13)9-15-7-10-8-16-12-3-1-2-6-18(12)14(10)20/h1-3,6,8,11,15H,4-5,7,9H2,(H,17,19)/t11-/m0/s1. The number of nitrogens with zero attached hydrogens (tertiary/aromatic N) is 2. The van der Waals surface area contributed by atoms with Crippen molar-refractivity contribution in [2.24, 2.45) is 0 Å². The highest BCUT2D eigenvalue weighted by atomic mass is 16.2. The molecule has 104 valence electrons. The van der Waals surface area contributed by atoms with Crippen molar-refractivity contribution in [3.05, 3.63) is 46.5 Å². The highest BCUT2D eigenvalue weighted by Gasteiger charge is 2.19. The molecule has 1 amide bonds. The minimum Gasteiger partial charge on any atom is -0.352 e. The number of hydrogen-bond acceptors (Lipinski definition) is 4. The minimum atomic E-state index is -0.0569. The molecule has 2 aromatic heterocycles. The number of amides is 1. The summed E-state index contributed by atoms with van der Waals surface area (Å²) in [7, 11) is 0. The number of fused-ring (bicyclic) bond motifs is 1. The molecular formula is C14H16N4O2. The van der Waals surface area contributed by atoms with Gasteiger partial charge in [-0.2, -0.15) is 0 Å². The van der Waals surface area contributed by atoms with E-state index in [-0.39, 0.29) is 17.5 Å². The van der Waals surface area contributed by atoms with E-state index in [4.69, 9.17) is 0 Å². The van der Waals surface area contributed by atoms with Crippen LogP contribution in [0.4, 0.5) is 0 Å². The summed E-state index contributed by atoms with van der Waals surface area (Å²) in [6.07, 6.45) is 4.76. The topological polar surface area (TPSA) is 75.5 Å². The number of pyridine rings is 1. The van der Waals surface area contributed by atoms with Crippen LogP contribution in [0, 0.1) is 0 Å². The second kappa shape index (κ2) is 5.42. The van der Waals surface area contributed by atoms with E-state index in [1.165, 1.54) is 4.40 Å². The fourth-order valence-electron chi connectivity index (χ4n) is 2.40. The van der Waals surface area contributed by atoms with Crippen LogP contribution in [0.3, 0.4) is 0 Å². The second-order valence-corrected chi connectivity index (χ2v) is 4.95. The maximum Gasteiger partial charge on any atom is 0.262 e. The van der Waals surface area contributed by atoms with Crippen molar-refractivity contribution in [2.75, 3.05) is 6.54 Å². The molecule has 0 bridgehead atoms. The van der Waals surface area contributed by atoms with Crippen LogP contribution in [0.5, 0.6) is 0 Å². The van der Waals surface area contributed by atoms with Gasteiger partial charge < -0.3 is 10.6 Å². The Hall–Kier alpha value is -2.21. The summed E-state index contributed by atoms with van der Waals surface area (Å²) < 4.78 is 1.54. The van der Waals surface area contributed by atoms with E-state index in [1.54, 1.807) is 24.5 Å². The molecule has 3 heterocycles. The van der Waals surface area contributed by atoms with E-state index < -0.39 is 0 Å². The summed E-state index contributed by atoms with van der Waals surface area (Å²) >= 11 is 0. The normalized spacial score (nSPS) is 18.4. The molecule has 0 radical (unpaired) electrons. The van der Waals surface area contributed by atoms with Gasteiger partial charge in [-0.15, -0.1) is 0 Å². The predicted molar refractivity (Wildman–Crippen MR) is 74.3 cm³/mol. The molecule has 0 aromatic carbocycles. The van der Waals surface area contributed by atoms with Crippen molar-refractivity contribution >= 4 is 11.6 Å². The van der Waals surface area contributed by atoms with Crippen LogP contribution in [0.2, 0.25) is 0 Å². The van der Waals surface area contributed by atoms with Gasteiger partial charge in [0.15, 0.2) is 0 Å². The van der Waals surface area contributed by atoms with Crippen molar-refractivity contribution in [2.45, 2.75) is 25.4 Å². The van der Waals surface area contributed by atoms with E-state index in [9.17, 15) is 9.59 Å². The third kappa shape index (κ3) is 2.55. The molecule has 6 nitrogen and oxygen atoms in total. The Kier molecular flexibility index (Phi) is 3.47. The third-order valence-electron chi connectivity index (χ3n) is 3.48. The molecule has 6 heteroatoms. The predicted octanol–water partition coefficient (Wildman–Crippen LogP) is 0.0627. The highest BCUT2D eigenvalue weighted by molar-refractivity contribution is 5.78. The van der Waals surface area contributed by atoms with E-state index in [1.807, 2.05) is 6.07 Å². The zero-order valence-corrected chi connectivity index (χ0v) is 11.0. The van der Waals surface area contributed by atoms with Crippen molar-refractivity contribution in [3.8, 4) is 0 Å². The van der Waals surface area contributed by atoms with Crippen LogP contribution in [-0.4, -0.2) is 27.9 Å². The van der Waals surface area contributed by atoms with Crippen molar-refractivity contribution < 1.29 is 4.79 Å². The van der Waals surface area contributed by atoms with Crippen molar-refractivity contribution in [1.29, 1.82) is 0 Å². The first-order chi connectivity index (χ1) is 9.74. The molecule has 1 fully saturated rings. The molecule has 2 N–H and O–H groups in total. The summed E-state index contributed by atoms with van der Waals surface area (Å²) in [4.78, 5) is 27.6. The number of hydrogen-bond donors (Lipinski definition) is 2. The molecule has 1 aliphatic heterocycles. The third-order valence-corrected chi connectivity index (χ3v) is 3.48. The zero-order valence-electron chi connectivity index (χ0n) is 11.0. The Morgan fingerprint density at radius 3 is 3.10 bits per heavy atom. The number of carbonyl (C=O) groups is 1. The lowest BCUT2D eigenvalue weighted by Crippen LogP contribution is -2.36. The fourth-order valence-corrected chi connectivity index (χ4v) is 2.40.